The normalized spacial score (nSPS) is 21.2. The Morgan fingerprint density at radius 1 is 0.585 bits per heavy atom. The summed E-state index contributed by atoms with van der Waals surface area (Å²) in [7, 11) is 0. The highest BCUT2D eigenvalue weighted by Gasteiger charge is 2.44. The maximum absolute atomic E-state index is 12.7. The Morgan fingerprint density at radius 3 is 1.64 bits per heavy atom. The molecule has 0 aromatic heterocycles. The summed E-state index contributed by atoms with van der Waals surface area (Å²) >= 11 is 0. The second-order valence-electron chi connectivity index (χ2n) is 14.4. The lowest BCUT2D eigenvalue weighted by Gasteiger charge is -2.39. The van der Waals surface area contributed by atoms with Gasteiger partial charge in [-0.05, 0) is 70.6 Å². The van der Waals surface area contributed by atoms with Gasteiger partial charge in [-0.15, -0.1) is 0 Å². The van der Waals surface area contributed by atoms with Crippen LogP contribution in [0.25, 0.3) is 0 Å². The van der Waals surface area contributed by atoms with Crippen molar-refractivity contribution in [1.29, 1.82) is 0 Å². The highest BCUT2D eigenvalue weighted by molar-refractivity contribution is 5.70. The molecule has 0 radical (unpaired) electrons. The number of hydrogen-bond acceptors (Lipinski definition) is 10. The van der Waals surface area contributed by atoms with Gasteiger partial charge in [-0.2, -0.15) is 0 Å². The molecule has 6 atom stereocenters. The predicted molar refractivity (Wildman–Crippen MR) is 210 cm³/mol. The molecule has 2 unspecified atom stereocenters. The summed E-state index contributed by atoms with van der Waals surface area (Å²) in [6.45, 7) is 3.34. The number of aliphatic hydroxyl groups is 4. The number of esters is 2. The van der Waals surface area contributed by atoms with Gasteiger partial charge in [0, 0.05) is 12.8 Å². The van der Waals surface area contributed by atoms with E-state index in [0.29, 0.717) is 12.8 Å². The Kier molecular flexibility index (Phi) is 31.8. The van der Waals surface area contributed by atoms with E-state index in [0.717, 1.165) is 64.2 Å². The summed E-state index contributed by atoms with van der Waals surface area (Å²) in [4.78, 5) is 25.2. The van der Waals surface area contributed by atoms with E-state index >= 15 is 0 Å². The number of hydrogen-bond donors (Lipinski definition) is 4. The van der Waals surface area contributed by atoms with E-state index in [-0.39, 0.29) is 26.1 Å². The molecule has 0 bridgehead atoms. The molecule has 53 heavy (non-hydrogen) atoms. The fourth-order valence-electron chi connectivity index (χ4n) is 6.09. The topological polar surface area (TPSA) is 152 Å². The number of rotatable bonds is 34. The Bertz CT molecular complexity index is 965. The SMILES string of the molecule is CCCCC/C=C/C/C=C/CCCCCCCC(=O)OC[C@@H](CO[C@H]1O[C@@H](CO)[C@@H](O)C(O)C1O)OC(=O)CCCCC/C=C/CCCCCCCC. The Labute approximate surface area is 321 Å². The molecule has 0 aromatic carbocycles. The van der Waals surface area contributed by atoms with Crippen molar-refractivity contribution in [1.82, 2.24) is 0 Å². The second kappa shape index (κ2) is 34.4. The molecule has 0 spiro atoms. The van der Waals surface area contributed by atoms with E-state index in [1.54, 1.807) is 0 Å². The van der Waals surface area contributed by atoms with E-state index in [2.05, 4.69) is 50.3 Å². The molecule has 308 valence electrons. The molecule has 1 heterocycles. The molecule has 0 amide bonds. The van der Waals surface area contributed by atoms with Crippen molar-refractivity contribution in [2.75, 3.05) is 19.8 Å². The number of aliphatic hydroxyl groups excluding tert-OH is 4. The van der Waals surface area contributed by atoms with Crippen molar-refractivity contribution in [3.05, 3.63) is 36.5 Å². The van der Waals surface area contributed by atoms with Crippen LogP contribution < -0.4 is 0 Å². The van der Waals surface area contributed by atoms with Crippen LogP contribution in [0.2, 0.25) is 0 Å². The third-order valence-corrected chi connectivity index (χ3v) is 9.50. The number of unbranched alkanes of at least 4 members (excludes halogenated alkanes) is 17. The quantitative estimate of drug-likeness (QED) is 0.0287. The molecular formula is C43H76O10. The lowest BCUT2D eigenvalue weighted by Crippen LogP contribution is -2.59. The fourth-order valence-corrected chi connectivity index (χ4v) is 6.09. The average Bonchev–Trinajstić information content (AvgIpc) is 3.15. The smallest absolute Gasteiger partial charge is 0.306 e. The highest BCUT2D eigenvalue weighted by atomic mass is 16.7. The van der Waals surface area contributed by atoms with Crippen LogP contribution in [-0.4, -0.2) is 89.0 Å². The molecule has 0 aliphatic carbocycles. The summed E-state index contributed by atoms with van der Waals surface area (Å²) in [5, 5.41) is 40.0. The zero-order valence-electron chi connectivity index (χ0n) is 33.3. The first kappa shape index (κ1) is 48.9. The lowest BCUT2D eigenvalue weighted by molar-refractivity contribution is -0.305. The molecule has 0 aromatic rings. The van der Waals surface area contributed by atoms with Crippen LogP contribution in [0.4, 0.5) is 0 Å². The van der Waals surface area contributed by atoms with Gasteiger partial charge >= 0.3 is 11.9 Å². The van der Waals surface area contributed by atoms with E-state index < -0.39 is 55.4 Å². The van der Waals surface area contributed by atoms with Gasteiger partial charge in [0.1, 0.15) is 31.0 Å². The number of carbonyl (C=O) groups excluding carboxylic acids is 2. The van der Waals surface area contributed by atoms with E-state index in [4.69, 9.17) is 18.9 Å². The molecular weight excluding hydrogens is 676 g/mol. The maximum Gasteiger partial charge on any atom is 0.306 e. The van der Waals surface area contributed by atoms with Gasteiger partial charge in [0.2, 0.25) is 0 Å². The monoisotopic (exact) mass is 753 g/mol. The van der Waals surface area contributed by atoms with Crippen LogP contribution in [-0.2, 0) is 28.5 Å². The van der Waals surface area contributed by atoms with Crippen LogP contribution >= 0.6 is 0 Å². The second-order valence-corrected chi connectivity index (χ2v) is 14.4. The molecule has 1 fully saturated rings. The maximum atomic E-state index is 12.7. The van der Waals surface area contributed by atoms with E-state index in [1.807, 2.05) is 0 Å². The zero-order valence-corrected chi connectivity index (χ0v) is 33.3. The Balaban J connectivity index is 2.38. The van der Waals surface area contributed by atoms with Crippen molar-refractivity contribution in [2.24, 2.45) is 0 Å². The predicted octanol–water partition coefficient (Wildman–Crippen LogP) is 8.33. The average molecular weight is 753 g/mol. The van der Waals surface area contributed by atoms with E-state index in [1.165, 1.54) is 64.2 Å². The molecule has 1 saturated heterocycles. The minimum atomic E-state index is -1.60. The summed E-state index contributed by atoms with van der Waals surface area (Å²) < 4.78 is 22.1. The van der Waals surface area contributed by atoms with Crippen molar-refractivity contribution >= 4 is 11.9 Å². The van der Waals surface area contributed by atoms with Crippen LogP contribution in [0, 0.1) is 0 Å². The highest BCUT2D eigenvalue weighted by Crippen LogP contribution is 2.22. The van der Waals surface area contributed by atoms with Gasteiger partial charge in [-0.1, -0.05) is 121 Å². The van der Waals surface area contributed by atoms with Gasteiger partial charge < -0.3 is 39.4 Å². The van der Waals surface area contributed by atoms with Crippen LogP contribution in [0.1, 0.15) is 168 Å². The molecule has 10 heteroatoms. The van der Waals surface area contributed by atoms with Crippen molar-refractivity contribution < 1.29 is 49.0 Å². The summed E-state index contributed by atoms with van der Waals surface area (Å²) in [6, 6.07) is 0. The summed E-state index contributed by atoms with van der Waals surface area (Å²) in [5.74, 6) is -0.843. The zero-order chi connectivity index (χ0) is 38.8. The number of ether oxygens (including phenoxy) is 4. The van der Waals surface area contributed by atoms with Gasteiger partial charge in [0.25, 0.3) is 0 Å². The van der Waals surface area contributed by atoms with Gasteiger partial charge in [0.15, 0.2) is 12.4 Å². The van der Waals surface area contributed by atoms with Gasteiger partial charge in [-0.25, -0.2) is 0 Å². The first-order valence-electron chi connectivity index (χ1n) is 21.1. The van der Waals surface area contributed by atoms with Crippen molar-refractivity contribution in [3.63, 3.8) is 0 Å². The molecule has 1 rings (SSSR count). The third-order valence-electron chi connectivity index (χ3n) is 9.50. The molecule has 1 aliphatic rings. The number of carbonyl (C=O) groups is 2. The molecule has 1 aliphatic heterocycles. The number of allylic oxidation sites excluding steroid dienone is 6. The van der Waals surface area contributed by atoms with E-state index in [9.17, 15) is 30.0 Å². The van der Waals surface area contributed by atoms with Gasteiger partial charge in [-0.3, -0.25) is 9.59 Å². The van der Waals surface area contributed by atoms with Crippen LogP contribution in [0.3, 0.4) is 0 Å². The molecule has 4 N–H and O–H groups in total. The Hall–Kier alpha value is -2.08. The first-order chi connectivity index (χ1) is 25.8. The standard InChI is InChI=1S/C43H76O10/c1-3-5-7-9-11-13-15-17-18-20-21-23-25-27-29-31-38(45)50-34-36(35-51-43-42(49)41(48)40(47)37(33-44)53-43)52-39(46)32-30-28-26-24-22-19-16-14-12-10-8-6-4-2/h11,13,17-19,22,36-37,40-44,47-49H,3-10,12,14-16,20-21,23-35H2,1-2H3/b13-11+,18-17+,22-19+/t36-,37-,40+,41?,42?,43-/m0/s1. The minimum absolute atomic E-state index is 0.206. The summed E-state index contributed by atoms with van der Waals surface area (Å²) in [6.07, 6.45) is 30.1. The van der Waals surface area contributed by atoms with Crippen molar-refractivity contribution in [2.45, 2.75) is 205 Å². The fraction of sp³-hybridized carbons (Fsp3) is 0.814. The van der Waals surface area contributed by atoms with Crippen LogP contribution in [0.15, 0.2) is 36.5 Å². The Morgan fingerprint density at radius 2 is 1.06 bits per heavy atom. The summed E-state index contributed by atoms with van der Waals surface area (Å²) in [5.41, 5.74) is 0. The molecule has 0 saturated carbocycles. The van der Waals surface area contributed by atoms with Crippen molar-refractivity contribution in [3.8, 4) is 0 Å². The molecule has 10 nitrogen and oxygen atoms in total. The largest absolute Gasteiger partial charge is 0.462 e. The first-order valence-corrected chi connectivity index (χ1v) is 21.1. The minimum Gasteiger partial charge on any atom is -0.462 e. The third kappa shape index (κ3) is 26.4. The van der Waals surface area contributed by atoms with Gasteiger partial charge in [0.05, 0.1) is 13.2 Å². The lowest BCUT2D eigenvalue weighted by atomic mass is 9.99. The van der Waals surface area contributed by atoms with Crippen LogP contribution in [0.5, 0.6) is 0 Å².